The van der Waals surface area contributed by atoms with Crippen LogP contribution in [0.2, 0.25) is 0 Å². The molecule has 1 fully saturated rings. The van der Waals surface area contributed by atoms with Crippen molar-refractivity contribution < 1.29 is 5.11 Å². The second-order valence-corrected chi connectivity index (χ2v) is 4.24. The molecule has 0 unspecified atom stereocenters. The summed E-state index contributed by atoms with van der Waals surface area (Å²) in [4.78, 5) is 6.18. The van der Waals surface area contributed by atoms with Gasteiger partial charge < -0.3 is 15.7 Å². The monoisotopic (exact) mass is 207 g/mol. The van der Waals surface area contributed by atoms with Gasteiger partial charge in [-0.25, -0.2) is 0 Å². The third-order valence-electron chi connectivity index (χ3n) is 2.99. The van der Waals surface area contributed by atoms with Gasteiger partial charge in [-0.2, -0.15) is 0 Å². The van der Waals surface area contributed by atoms with Gasteiger partial charge in [0, 0.05) is 43.1 Å². The van der Waals surface area contributed by atoms with E-state index in [0.717, 1.165) is 12.2 Å². The number of hydrogen-bond acceptors (Lipinski definition) is 4. The minimum absolute atomic E-state index is 0.165. The maximum atomic E-state index is 9.75. The fourth-order valence-electron chi connectivity index (χ4n) is 2.08. The summed E-state index contributed by atoms with van der Waals surface area (Å²) >= 11 is 0. The van der Waals surface area contributed by atoms with Crippen LogP contribution in [-0.4, -0.2) is 35.3 Å². The predicted molar refractivity (Wildman–Crippen MR) is 59.6 cm³/mol. The molecule has 4 nitrogen and oxygen atoms in total. The number of aliphatic hydroxyl groups is 1. The maximum absolute atomic E-state index is 9.75. The van der Waals surface area contributed by atoms with Crippen molar-refractivity contribution in [3.8, 4) is 0 Å². The van der Waals surface area contributed by atoms with Gasteiger partial charge in [-0.05, 0) is 12.1 Å². The van der Waals surface area contributed by atoms with Crippen molar-refractivity contribution in [3.63, 3.8) is 0 Å². The molecular weight excluding hydrogens is 190 g/mol. The molecule has 0 aliphatic carbocycles. The molecule has 3 N–H and O–H groups in total. The fraction of sp³-hybridized carbons (Fsp3) is 0.545. The van der Waals surface area contributed by atoms with E-state index in [2.05, 4.69) is 9.88 Å². The van der Waals surface area contributed by atoms with E-state index in [1.54, 1.807) is 12.4 Å². The van der Waals surface area contributed by atoms with Gasteiger partial charge in [0.1, 0.15) is 0 Å². The number of aliphatic hydroxyl groups excluding tert-OH is 1. The molecule has 3 atom stereocenters. The van der Waals surface area contributed by atoms with Crippen molar-refractivity contribution in [1.29, 1.82) is 0 Å². The Morgan fingerprint density at radius 3 is 2.67 bits per heavy atom. The Balaban J connectivity index is 2.13. The third kappa shape index (κ3) is 2.11. The normalized spacial score (nSPS) is 31.7. The number of anilines is 1. The second kappa shape index (κ2) is 4.16. The molecule has 2 rings (SSSR count). The molecule has 0 spiro atoms. The molecule has 1 saturated heterocycles. The van der Waals surface area contributed by atoms with E-state index < -0.39 is 0 Å². The summed E-state index contributed by atoms with van der Waals surface area (Å²) in [6.07, 6.45) is 3.16. The number of rotatable bonds is 1. The number of piperidine rings is 1. The van der Waals surface area contributed by atoms with Crippen LogP contribution in [0.25, 0.3) is 0 Å². The molecule has 0 aromatic carbocycles. The average Bonchev–Trinajstić information content (AvgIpc) is 2.26. The van der Waals surface area contributed by atoms with Crippen LogP contribution < -0.4 is 10.6 Å². The first kappa shape index (κ1) is 10.4. The molecule has 1 aliphatic heterocycles. The van der Waals surface area contributed by atoms with Crippen LogP contribution in [0.15, 0.2) is 24.5 Å². The van der Waals surface area contributed by atoms with Crippen molar-refractivity contribution in [1.82, 2.24) is 4.98 Å². The molecular formula is C11H17N3O. The largest absolute Gasteiger partial charge is 0.391 e. The topological polar surface area (TPSA) is 62.4 Å². The Morgan fingerprint density at radius 1 is 1.40 bits per heavy atom. The second-order valence-electron chi connectivity index (χ2n) is 4.24. The lowest BCUT2D eigenvalue weighted by Gasteiger charge is -2.39. The lowest BCUT2D eigenvalue weighted by atomic mass is 9.93. The van der Waals surface area contributed by atoms with Crippen molar-refractivity contribution in [2.75, 3.05) is 18.0 Å². The number of nitrogens with two attached hydrogens (primary N) is 1. The van der Waals surface area contributed by atoms with Crippen molar-refractivity contribution >= 4 is 5.69 Å². The number of nitrogens with zero attached hydrogens (tertiary/aromatic N) is 2. The summed E-state index contributed by atoms with van der Waals surface area (Å²) in [5.74, 6) is 0.210. The van der Waals surface area contributed by atoms with Gasteiger partial charge in [0.05, 0.1) is 6.10 Å². The standard InChI is InChI=1S/C11H17N3O/c1-8-6-14(7-10(12)11(8)15)9-2-4-13-5-3-9/h2-5,8,10-11,15H,6-7,12H2,1H3/t8-,10+,11+/m0/s1. The van der Waals surface area contributed by atoms with Gasteiger partial charge in [0.25, 0.3) is 0 Å². The first-order chi connectivity index (χ1) is 7.18. The zero-order valence-corrected chi connectivity index (χ0v) is 8.87. The summed E-state index contributed by atoms with van der Waals surface area (Å²) in [6, 6.07) is 3.77. The van der Waals surface area contributed by atoms with E-state index >= 15 is 0 Å². The van der Waals surface area contributed by atoms with Crippen LogP contribution in [-0.2, 0) is 0 Å². The molecule has 4 heteroatoms. The van der Waals surface area contributed by atoms with Gasteiger partial charge in [-0.1, -0.05) is 6.92 Å². The smallest absolute Gasteiger partial charge is 0.0750 e. The zero-order chi connectivity index (χ0) is 10.8. The highest BCUT2D eigenvalue weighted by atomic mass is 16.3. The summed E-state index contributed by atoms with van der Waals surface area (Å²) in [5, 5.41) is 9.75. The number of pyridine rings is 1. The number of hydrogen-bond donors (Lipinski definition) is 2. The molecule has 1 aromatic rings. The highest BCUT2D eigenvalue weighted by Crippen LogP contribution is 2.21. The van der Waals surface area contributed by atoms with Gasteiger partial charge in [-0.15, -0.1) is 0 Å². The van der Waals surface area contributed by atoms with E-state index in [0.29, 0.717) is 6.54 Å². The molecule has 15 heavy (non-hydrogen) atoms. The van der Waals surface area contributed by atoms with Crippen LogP contribution in [0.4, 0.5) is 5.69 Å². The lowest BCUT2D eigenvalue weighted by molar-refractivity contribution is 0.0785. The van der Waals surface area contributed by atoms with Crippen LogP contribution in [0.3, 0.4) is 0 Å². The summed E-state index contributed by atoms with van der Waals surface area (Å²) in [7, 11) is 0. The quantitative estimate of drug-likeness (QED) is 0.692. The van der Waals surface area contributed by atoms with E-state index in [1.165, 1.54) is 0 Å². The predicted octanol–water partition coefficient (Wildman–Crippen LogP) is 0.226. The highest BCUT2D eigenvalue weighted by molar-refractivity contribution is 5.45. The molecule has 0 saturated carbocycles. The van der Waals surface area contributed by atoms with Crippen LogP contribution in [0.1, 0.15) is 6.92 Å². The Morgan fingerprint density at radius 2 is 2.07 bits per heavy atom. The van der Waals surface area contributed by atoms with E-state index in [4.69, 9.17) is 5.73 Å². The van der Waals surface area contributed by atoms with Gasteiger partial charge in [-0.3, -0.25) is 4.98 Å². The van der Waals surface area contributed by atoms with Gasteiger partial charge in [0.2, 0.25) is 0 Å². The maximum Gasteiger partial charge on any atom is 0.0750 e. The van der Waals surface area contributed by atoms with E-state index in [-0.39, 0.29) is 18.1 Å². The molecule has 1 aliphatic rings. The fourth-order valence-corrected chi connectivity index (χ4v) is 2.08. The molecule has 0 amide bonds. The first-order valence-corrected chi connectivity index (χ1v) is 5.27. The van der Waals surface area contributed by atoms with Gasteiger partial charge >= 0.3 is 0 Å². The van der Waals surface area contributed by atoms with Crippen LogP contribution in [0, 0.1) is 5.92 Å². The zero-order valence-electron chi connectivity index (χ0n) is 8.87. The Labute approximate surface area is 89.7 Å². The minimum Gasteiger partial charge on any atom is -0.391 e. The SMILES string of the molecule is C[C@H]1CN(c2ccncc2)C[C@@H](N)[C@@H]1O. The van der Waals surface area contributed by atoms with Crippen molar-refractivity contribution in [3.05, 3.63) is 24.5 Å². The Hall–Kier alpha value is -1.13. The summed E-state index contributed by atoms with van der Waals surface area (Å²) in [5.41, 5.74) is 7.01. The molecule has 0 bridgehead atoms. The van der Waals surface area contributed by atoms with Crippen molar-refractivity contribution in [2.24, 2.45) is 11.7 Å². The first-order valence-electron chi connectivity index (χ1n) is 5.27. The molecule has 2 heterocycles. The Bertz CT molecular complexity index is 305. The van der Waals surface area contributed by atoms with Crippen LogP contribution >= 0.6 is 0 Å². The lowest BCUT2D eigenvalue weighted by Crippen LogP contribution is -2.55. The molecule has 0 radical (unpaired) electrons. The minimum atomic E-state index is -0.386. The molecule has 1 aromatic heterocycles. The summed E-state index contributed by atoms with van der Waals surface area (Å²) in [6.45, 7) is 3.58. The van der Waals surface area contributed by atoms with Crippen LogP contribution in [0.5, 0.6) is 0 Å². The van der Waals surface area contributed by atoms with Crippen molar-refractivity contribution in [2.45, 2.75) is 19.1 Å². The van der Waals surface area contributed by atoms with E-state index in [1.807, 2.05) is 19.1 Å². The van der Waals surface area contributed by atoms with Gasteiger partial charge in [0.15, 0.2) is 0 Å². The summed E-state index contributed by atoms with van der Waals surface area (Å²) < 4.78 is 0. The average molecular weight is 207 g/mol. The number of aromatic nitrogens is 1. The van der Waals surface area contributed by atoms with E-state index in [9.17, 15) is 5.11 Å². The Kier molecular flexibility index (Phi) is 2.88. The molecule has 82 valence electrons. The third-order valence-corrected chi connectivity index (χ3v) is 2.99. The highest BCUT2D eigenvalue weighted by Gasteiger charge is 2.30.